The summed E-state index contributed by atoms with van der Waals surface area (Å²) in [6.45, 7) is 0.155. The van der Waals surface area contributed by atoms with E-state index in [1.165, 1.54) is 28.8 Å². The lowest BCUT2D eigenvalue weighted by molar-refractivity contribution is -0.149. The van der Waals surface area contributed by atoms with Crippen LogP contribution in [0.4, 0.5) is 14.9 Å². The molecule has 1 aromatic carbocycles. The largest absolute Gasteiger partial charge is 0.387 e. The van der Waals surface area contributed by atoms with Gasteiger partial charge in [-0.1, -0.05) is 11.6 Å². The van der Waals surface area contributed by atoms with Gasteiger partial charge in [-0.3, -0.25) is 19.1 Å². The minimum Gasteiger partial charge on any atom is -0.387 e. The maximum Gasteiger partial charge on any atom is 0.322 e. The van der Waals surface area contributed by atoms with Gasteiger partial charge in [0, 0.05) is 37.8 Å². The van der Waals surface area contributed by atoms with E-state index in [0.29, 0.717) is 35.6 Å². The van der Waals surface area contributed by atoms with Crippen LogP contribution in [-0.2, 0) is 29.1 Å². The van der Waals surface area contributed by atoms with Gasteiger partial charge < -0.3 is 20.6 Å². The van der Waals surface area contributed by atoms with E-state index in [1.807, 2.05) is 0 Å². The number of hydroxylamine groups is 2. The zero-order chi connectivity index (χ0) is 23.7. The third-order valence-electron chi connectivity index (χ3n) is 5.40. The lowest BCUT2D eigenvalue weighted by Gasteiger charge is -2.27. The Morgan fingerprint density at radius 3 is 2.91 bits per heavy atom. The number of aliphatic hydroxyl groups is 1. The van der Waals surface area contributed by atoms with Crippen LogP contribution >= 0.6 is 11.6 Å². The lowest BCUT2D eigenvalue weighted by Crippen LogP contribution is -2.40. The van der Waals surface area contributed by atoms with Gasteiger partial charge in [-0.25, -0.2) is 14.2 Å². The SMILES string of the molecule is CN1OC(CNC(=O)CO)Cn2nc3c(c2C1=O)CN(C(=O)Nc1ccc(F)c(Cl)c1)CC3. The van der Waals surface area contributed by atoms with Crippen molar-refractivity contribution in [3.8, 4) is 0 Å². The van der Waals surface area contributed by atoms with E-state index in [0.717, 1.165) is 11.1 Å². The molecule has 0 radical (unpaired) electrons. The third-order valence-corrected chi connectivity index (χ3v) is 5.69. The van der Waals surface area contributed by atoms with Crippen molar-refractivity contribution in [2.24, 2.45) is 0 Å². The van der Waals surface area contributed by atoms with Crippen LogP contribution in [0.3, 0.4) is 0 Å². The molecule has 2 aromatic rings. The highest BCUT2D eigenvalue weighted by molar-refractivity contribution is 6.31. The highest BCUT2D eigenvalue weighted by Gasteiger charge is 2.35. The number of urea groups is 1. The molecule has 176 valence electrons. The standard InChI is InChI=1S/C20H22ClFN6O5/c1-26-19(31)18-13-9-27(20(32)24-11-2-3-15(22)14(21)6-11)5-4-16(13)25-28(18)8-12(33-26)7-23-17(30)10-29/h2-3,6,12,29H,4-5,7-10H2,1H3,(H,23,30)(H,24,32). The summed E-state index contributed by atoms with van der Waals surface area (Å²) in [5, 5.41) is 19.6. The molecule has 13 heteroatoms. The van der Waals surface area contributed by atoms with Crippen molar-refractivity contribution in [2.45, 2.75) is 25.6 Å². The number of rotatable bonds is 4. The Morgan fingerprint density at radius 1 is 1.39 bits per heavy atom. The number of carbonyl (C=O) groups excluding carboxylic acids is 3. The molecule has 1 atom stereocenters. The van der Waals surface area contributed by atoms with Crippen molar-refractivity contribution in [3.05, 3.63) is 46.0 Å². The topological polar surface area (TPSA) is 129 Å². The molecule has 0 saturated heterocycles. The molecule has 0 spiro atoms. The Hall–Kier alpha value is -3.22. The predicted molar refractivity (Wildman–Crippen MR) is 114 cm³/mol. The van der Waals surface area contributed by atoms with E-state index in [2.05, 4.69) is 15.7 Å². The zero-order valence-electron chi connectivity index (χ0n) is 17.7. The highest BCUT2D eigenvalue weighted by Crippen LogP contribution is 2.27. The second-order valence-corrected chi connectivity index (χ2v) is 8.09. The average molecular weight is 481 g/mol. The van der Waals surface area contributed by atoms with E-state index < -0.39 is 36.4 Å². The molecule has 1 aromatic heterocycles. The number of carbonyl (C=O) groups is 3. The van der Waals surface area contributed by atoms with Crippen LogP contribution in [-0.4, -0.2) is 75.5 Å². The molecule has 11 nitrogen and oxygen atoms in total. The van der Waals surface area contributed by atoms with Gasteiger partial charge in [0.1, 0.15) is 24.2 Å². The molecule has 2 aliphatic rings. The number of aromatic nitrogens is 2. The smallest absolute Gasteiger partial charge is 0.322 e. The zero-order valence-corrected chi connectivity index (χ0v) is 18.4. The van der Waals surface area contributed by atoms with Gasteiger partial charge in [0.25, 0.3) is 5.91 Å². The number of amides is 4. The lowest BCUT2D eigenvalue weighted by atomic mass is 10.1. The Morgan fingerprint density at radius 2 is 2.18 bits per heavy atom. The molecule has 1 unspecified atom stereocenters. The summed E-state index contributed by atoms with van der Waals surface area (Å²) in [5.41, 5.74) is 1.99. The number of halogens is 2. The van der Waals surface area contributed by atoms with Crippen LogP contribution in [0.5, 0.6) is 0 Å². The summed E-state index contributed by atoms with van der Waals surface area (Å²) >= 11 is 5.78. The van der Waals surface area contributed by atoms with Crippen LogP contribution in [0.25, 0.3) is 0 Å². The average Bonchev–Trinajstić information content (AvgIpc) is 3.10. The molecule has 33 heavy (non-hydrogen) atoms. The molecular weight excluding hydrogens is 459 g/mol. The third kappa shape index (κ3) is 4.77. The molecule has 4 rings (SSSR count). The van der Waals surface area contributed by atoms with Gasteiger partial charge >= 0.3 is 6.03 Å². The summed E-state index contributed by atoms with van der Waals surface area (Å²) in [4.78, 5) is 44.3. The van der Waals surface area contributed by atoms with Crippen LogP contribution in [0, 0.1) is 5.82 Å². The van der Waals surface area contributed by atoms with Crippen LogP contribution < -0.4 is 10.6 Å². The highest BCUT2D eigenvalue weighted by atomic mass is 35.5. The Labute approximate surface area is 193 Å². The van der Waals surface area contributed by atoms with Gasteiger partial charge in [-0.2, -0.15) is 5.10 Å². The first-order chi connectivity index (χ1) is 15.8. The first kappa shape index (κ1) is 23.0. The number of hydrogen-bond donors (Lipinski definition) is 3. The van der Waals surface area contributed by atoms with E-state index in [9.17, 15) is 18.8 Å². The second-order valence-electron chi connectivity index (χ2n) is 7.68. The fourth-order valence-electron chi connectivity index (χ4n) is 3.78. The van der Waals surface area contributed by atoms with Gasteiger partial charge in [-0.15, -0.1) is 0 Å². The van der Waals surface area contributed by atoms with Gasteiger partial charge in [0.2, 0.25) is 5.91 Å². The summed E-state index contributed by atoms with van der Waals surface area (Å²) < 4.78 is 14.9. The number of aliphatic hydroxyl groups excluding tert-OH is 1. The summed E-state index contributed by atoms with van der Waals surface area (Å²) in [6, 6.07) is 3.48. The maximum atomic E-state index is 13.4. The van der Waals surface area contributed by atoms with Crippen LogP contribution in [0.1, 0.15) is 21.7 Å². The molecule has 0 fully saturated rings. The van der Waals surface area contributed by atoms with Gasteiger partial charge in [-0.05, 0) is 18.2 Å². The van der Waals surface area contributed by atoms with Crippen molar-refractivity contribution in [1.82, 2.24) is 25.1 Å². The van der Waals surface area contributed by atoms with Crippen molar-refractivity contribution in [1.29, 1.82) is 0 Å². The Bertz CT molecular complexity index is 1110. The maximum absolute atomic E-state index is 13.4. The van der Waals surface area contributed by atoms with Crippen molar-refractivity contribution in [2.75, 3.05) is 32.1 Å². The summed E-state index contributed by atoms with van der Waals surface area (Å²) in [6.07, 6.45) is -0.142. The quantitative estimate of drug-likeness (QED) is 0.592. The van der Waals surface area contributed by atoms with Crippen molar-refractivity contribution < 1.29 is 28.7 Å². The monoisotopic (exact) mass is 480 g/mol. The molecule has 4 amide bonds. The van der Waals surface area contributed by atoms with Crippen molar-refractivity contribution in [3.63, 3.8) is 0 Å². The number of hydrogen-bond acceptors (Lipinski definition) is 6. The minimum atomic E-state index is -0.648. The predicted octanol–water partition coefficient (Wildman–Crippen LogP) is 0.760. The van der Waals surface area contributed by atoms with Gasteiger partial charge in [0.15, 0.2) is 0 Å². The van der Waals surface area contributed by atoms with Crippen LogP contribution in [0.15, 0.2) is 18.2 Å². The number of benzene rings is 1. The van der Waals surface area contributed by atoms with E-state index in [1.54, 1.807) is 0 Å². The first-order valence-electron chi connectivity index (χ1n) is 10.2. The number of anilines is 1. The second kappa shape index (κ2) is 9.33. The molecule has 0 aliphatic carbocycles. The van der Waals surface area contributed by atoms with Crippen LogP contribution in [0.2, 0.25) is 5.02 Å². The summed E-state index contributed by atoms with van der Waals surface area (Å²) in [5.74, 6) is -1.56. The van der Waals surface area contributed by atoms with E-state index in [4.69, 9.17) is 21.5 Å². The number of nitrogens with one attached hydrogen (secondary N) is 2. The van der Waals surface area contributed by atoms with E-state index in [-0.39, 0.29) is 24.7 Å². The summed E-state index contributed by atoms with van der Waals surface area (Å²) in [7, 11) is 1.46. The first-order valence-corrected chi connectivity index (χ1v) is 10.6. The molecule has 2 aliphatic heterocycles. The molecule has 3 N–H and O–H groups in total. The molecule has 0 bridgehead atoms. The fourth-order valence-corrected chi connectivity index (χ4v) is 3.96. The number of fused-ring (bicyclic) bond motifs is 3. The normalized spacial score (nSPS) is 17.8. The van der Waals surface area contributed by atoms with Crippen molar-refractivity contribution >= 4 is 35.1 Å². The van der Waals surface area contributed by atoms with Gasteiger partial charge in [0.05, 0.1) is 23.8 Å². The number of nitrogens with zero attached hydrogens (tertiary/aromatic N) is 4. The minimum absolute atomic E-state index is 0.0791. The van der Waals surface area contributed by atoms with E-state index >= 15 is 0 Å². The molecule has 0 saturated carbocycles. The molecule has 3 heterocycles. The Balaban J connectivity index is 1.52. The Kier molecular flexibility index (Phi) is 6.49. The molecular formula is C20H22ClFN6O5. The fraction of sp³-hybridized carbons (Fsp3) is 0.400.